The molecule has 18 heavy (non-hydrogen) atoms. The Morgan fingerprint density at radius 1 is 1.39 bits per heavy atom. The molecule has 0 unspecified atom stereocenters. The number of aryl methyl sites for hydroxylation is 1. The first kappa shape index (κ1) is 12.5. The molecule has 1 aromatic carbocycles. The van der Waals surface area contributed by atoms with Crippen LogP contribution in [0.2, 0.25) is 0 Å². The van der Waals surface area contributed by atoms with Gasteiger partial charge in [-0.2, -0.15) is 0 Å². The van der Waals surface area contributed by atoms with Gasteiger partial charge in [0.1, 0.15) is 5.52 Å². The van der Waals surface area contributed by atoms with E-state index in [4.69, 9.17) is 5.11 Å². The number of carboxylic acids is 1. The molecule has 1 N–H and O–H groups in total. The molecule has 1 heterocycles. The maximum atomic E-state index is 11.1. The molecule has 0 aliphatic carbocycles. The van der Waals surface area contributed by atoms with Crippen molar-refractivity contribution >= 4 is 17.0 Å². The van der Waals surface area contributed by atoms with E-state index in [2.05, 4.69) is 31.1 Å². The Kier molecular flexibility index (Phi) is 3.07. The quantitative estimate of drug-likeness (QED) is 0.905. The van der Waals surface area contributed by atoms with Crippen molar-refractivity contribution in [3.8, 4) is 0 Å². The Bertz CT molecular complexity index is 581. The number of hydrogen-bond donors (Lipinski definition) is 1. The topological polar surface area (TPSA) is 68.0 Å². The number of aromatic nitrogens is 3. The van der Waals surface area contributed by atoms with Crippen molar-refractivity contribution in [1.29, 1.82) is 0 Å². The molecular formula is C13H17N3O2. The van der Waals surface area contributed by atoms with Crippen LogP contribution in [0.3, 0.4) is 0 Å². The minimum atomic E-state index is -0.969. The lowest BCUT2D eigenvalue weighted by molar-refractivity contribution is 0.0699. The maximum Gasteiger partial charge on any atom is 0.338 e. The summed E-state index contributed by atoms with van der Waals surface area (Å²) in [5.74, 6) is -0.969. The molecule has 0 spiro atoms. The molecular weight excluding hydrogens is 230 g/mol. The zero-order valence-corrected chi connectivity index (χ0v) is 10.8. The van der Waals surface area contributed by atoms with E-state index in [9.17, 15) is 4.79 Å². The summed E-state index contributed by atoms with van der Waals surface area (Å²) < 4.78 is 1.77. The second-order valence-electron chi connectivity index (χ2n) is 5.60. The molecule has 0 fully saturated rings. The van der Waals surface area contributed by atoms with Gasteiger partial charge in [0, 0.05) is 6.54 Å². The van der Waals surface area contributed by atoms with E-state index in [0.29, 0.717) is 5.52 Å². The number of carbonyl (C=O) groups is 1. The fourth-order valence-electron chi connectivity index (χ4n) is 1.77. The number of benzene rings is 1. The highest BCUT2D eigenvalue weighted by molar-refractivity contribution is 6.00. The molecule has 0 amide bonds. The molecule has 2 rings (SSSR count). The third-order valence-electron chi connectivity index (χ3n) is 2.85. The Balaban J connectivity index is 2.37. The number of carboxylic acid groups (broad SMARTS) is 1. The van der Waals surface area contributed by atoms with Gasteiger partial charge < -0.3 is 5.11 Å². The second-order valence-corrected chi connectivity index (χ2v) is 5.60. The van der Waals surface area contributed by atoms with Crippen molar-refractivity contribution in [1.82, 2.24) is 15.0 Å². The average Bonchev–Trinajstić information content (AvgIpc) is 2.68. The van der Waals surface area contributed by atoms with Crippen molar-refractivity contribution in [2.75, 3.05) is 0 Å². The number of rotatable bonds is 3. The lowest BCUT2D eigenvalue weighted by Gasteiger charge is -2.17. The summed E-state index contributed by atoms with van der Waals surface area (Å²) in [5, 5.41) is 17.1. The highest BCUT2D eigenvalue weighted by atomic mass is 16.4. The first-order chi connectivity index (χ1) is 8.38. The van der Waals surface area contributed by atoms with Crippen LogP contribution in [-0.4, -0.2) is 26.1 Å². The van der Waals surface area contributed by atoms with E-state index in [0.717, 1.165) is 18.5 Å². The van der Waals surface area contributed by atoms with Crippen LogP contribution in [-0.2, 0) is 6.54 Å². The summed E-state index contributed by atoms with van der Waals surface area (Å²) in [5.41, 5.74) is 1.65. The van der Waals surface area contributed by atoms with Gasteiger partial charge in [-0.05, 0) is 24.0 Å². The van der Waals surface area contributed by atoms with Gasteiger partial charge in [0.15, 0.2) is 0 Å². The zero-order valence-electron chi connectivity index (χ0n) is 10.8. The van der Waals surface area contributed by atoms with Crippen LogP contribution < -0.4 is 0 Å². The van der Waals surface area contributed by atoms with Crippen molar-refractivity contribution in [2.45, 2.75) is 33.7 Å². The van der Waals surface area contributed by atoms with Crippen LogP contribution in [0.15, 0.2) is 18.2 Å². The van der Waals surface area contributed by atoms with Crippen molar-refractivity contribution in [2.24, 2.45) is 5.41 Å². The predicted molar refractivity (Wildman–Crippen MR) is 68.6 cm³/mol. The molecule has 0 bridgehead atoms. The number of fused-ring (bicyclic) bond motifs is 1. The standard InChI is InChI=1S/C13H17N3O2/c1-13(2,3)7-8-16-10-6-4-5-9(12(17)18)11(10)14-15-16/h4-6H,7-8H2,1-3H3,(H,17,18). The third kappa shape index (κ3) is 2.50. The fourth-order valence-corrected chi connectivity index (χ4v) is 1.77. The molecule has 2 aromatic rings. The lowest BCUT2D eigenvalue weighted by Crippen LogP contribution is -2.11. The Morgan fingerprint density at radius 3 is 2.72 bits per heavy atom. The number of nitrogens with zero attached hydrogens (tertiary/aromatic N) is 3. The van der Waals surface area contributed by atoms with E-state index >= 15 is 0 Å². The van der Waals surface area contributed by atoms with Crippen molar-refractivity contribution < 1.29 is 9.90 Å². The minimum Gasteiger partial charge on any atom is -0.478 e. The molecule has 0 saturated heterocycles. The summed E-state index contributed by atoms with van der Waals surface area (Å²) in [6.07, 6.45) is 0.961. The third-order valence-corrected chi connectivity index (χ3v) is 2.85. The molecule has 1 aromatic heterocycles. The Morgan fingerprint density at radius 2 is 2.11 bits per heavy atom. The van der Waals surface area contributed by atoms with Crippen LogP contribution in [0.1, 0.15) is 37.6 Å². The smallest absolute Gasteiger partial charge is 0.338 e. The molecule has 0 atom stereocenters. The monoisotopic (exact) mass is 247 g/mol. The molecule has 0 saturated carbocycles. The summed E-state index contributed by atoms with van der Waals surface area (Å²) in [6.45, 7) is 7.22. The maximum absolute atomic E-state index is 11.1. The van der Waals surface area contributed by atoms with Crippen LogP contribution in [0, 0.1) is 5.41 Å². The van der Waals surface area contributed by atoms with Gasteiger partial charge in [-0.25, -0.2) is 9.48 Å². The summed E-state index contributed by atoms with van der Waals surface area (Å²) >= 11 is 0. The van der Waals surface area contributed by atoms with Crippen LogP contribution in [0.5, 0.6) is 0 Å². The van der Waals surface area contributed by atoms with Gasteiger partial charge in [-0.1, -0.05) is 32.1 Å². The zero-order chi connectivity index (χ0) is 13.3. The van der Waals surface area contributed by atoms with Crippen LogP contribution >= 0.6 is 0 Å². The van der Waals surface area contributed by atoms with Crippen LogP contribution in [0.25, 0.3) is 11.0 Å². The molecule has 0 aliphatic rings. The van der Waals surface area contributed by atoms with Gasteiger partial charge in [-0.3, -0.25) is 0 Å². The largest absolute Gasteiger partial charge is 0.478 e. The van der Waals surface area contributed by atoms with E-state index < -0.39 is 5.97 Å². The van der Waals surface area contributed by atoms with E-state index in [-0.39, 0.29) is 11.0 Å². The Labute approximate surface area is 105 Å². The van der Waals surface area contributed by atoms with Gasteiger partial charge >= 0.3 is 5.97 Å². The molecule has 0 radical (unpaired) electrons. The van der Waals surface area contributed by atoms with Crippen LogP contribution in [0.4, 0.5) is 0 Å². The van der Waals surface area contributed by atoms with Crippen molar-refractivity contribution in [3.05, 3.63) is 23.8 Å². The van der Waals surface area contributed by atoms with E-state index in [1.54, 1.807) is 16.8 Å². The Hall–Kier alpha value is -1.91. The highest BCUT2D eigenvalue weighted by Crippen LogP contribution is 2.21. The highest BCUT2D eigenvalue weighted by Gasteiger charge is 2.15. The first-order valence-corrected chi connectivity index (χ1v) is 5.94. The molecule has 0 aliphatic heterocycles. The van der Waals surface area contributed by atoms with Gasteiger partial charge in [0.2, 0.25) is 0 Å². The van der Waals surface area contributed by atoms with Crippen molar-refractivity contribution in [3.63, 3.8) is 0 Å². The molecule has 96 valence electrons. The summed E-state index contributed by atoms with van der Waals surface area (Å²) in [4.78, 5) is 11.1. The van der Waals surface area contributed by atoms with Gasteiger partial charge in [0.05, 0.1) is 11.1 Å². The predicted octanol–water partition coefficient (Wildman–Crippen LogP) is 2.57. The normalized spacial score (nSPS) is 11.9. The van der Waals surface area contributed by atoms with E-state index in [1.807, 2.05) is 6.07 Å². The number of aromatic carboxylic acids is 1. The van der Waals surface area contributed by atoms with Gasteiger partial charge in [-0.15, -0.1) is 5.10 Å². The molecule has 5 heteroatoms. The first-order valence-electron chi connectivity index (χ1n) is 5.94. The average molecular weight is 247 g/mol. The molecule has 5 nitrogen and oxygen atoms in total. The second kappa shape index (κ2) is 4.40. The van der Waals surface area contributed by atoms with E-state index in [1.165, 1.54) is 0 Å². The SMILES string of the molecule is CC(C)(C)CCn1nnc2c(C(=O)O)cccc21. The lowest BCUT2D eigenvalue weighted by atomic mass is 9.92. The summed E-state index contributed by atoms with van der Waals surface area (Å²) in [6, 6.07) is 5.13. The fraction of sp³-hybridized carbons (Fsp3) is 0.462. The summed E-state index contributed by atoms with van der Waals surface area (Å²) in [7, 11) is 0. The minimum absolute atomic E-state index is 0.203. The number of hydrogen-bond acceptors (Lipinski definition) is 3. The van der Waals surface area contributed by atoms with Gasteiger partial charge in [0.25, 0.3) is 0 Å².